The third kappa shape index (κ3) is 49.2. The monoisotopic (exact) mass is 875 g/mol. The van der Waals surface area contributed by atoms with Crippen LogP contribution >= 0.6 is 0 Å². The van der Waals surface area contributed by atoms with Gasteiger partial charge < -0.3 is 14.2 Å². The number of hydrogen-bond acceptors (Lipinski definition) is 6. The van der Waals surface area contributed by atoms with Crippen LogP contribution in [-0.2, 0) is 28.6 Å². The summed E-state index contributed by atoms with van der Waals surface area (Å²) in [4.78, 5) is 37.9. The summed E-state index contributed by atoms with van der Waals surface area (Å²) in [6.45, 7) is 6.37. The van der Waals surface area contributed by atoms with E-state index in [2.05, 4.69) is 112 Å². The second-order valence-electron chi connectivity index (χ2n) is 16.7. The molecule has 1 unspecified atom stereocenters. The van der Waals surface area contributed by atoms with E-state index in [0.717, 1.165) is 109 Å². The summed E-state index contributed by atoms with van der Waals surface area (Å²) in [6, 6.07) is 0. The zero-order valence-electron chi connectivity index (χ0n) is 40.8. The molecule has 0 aliphatic heterocycles. The molecule has 1 atom stereocenters. The topological polar surface area (TPSA) is 78.9 Å². The first-order chi connectivity index (χ1) is 31.0. The number of unbranched alkanes of at least 4 members (excludes halogenated alkanes) is 18. The normalized spacial score (nSPS) is 12.9. The maximum Gasteiger partial charge on any atom is 0.306 e. The summed E-state index contributed by atoms with van der Waals surface area (Å²) in [5.74, 6) is -1.01. The van der Waals surface area contributed by atoms with Gasteiger partial charge in [0.1, 0.15) is 13.2 Å². The molecule has 6 nitrogen and oxygen atoms in total. The highest BCUT2D eigenvalue weighted by Gasteiger charge is 2.19. The molecule has 6 heteroatoms. The minimum absolute atomic E-state index is 0.106. The van der Waals surface area contributed by atoms with Crippen LogP contribution in [0.2, 0.25) is 0 Å². The first-order valence-corrected chi connectivity index (χ1v) is 25.7. The molecule has 0 aromatic carbocycles. The number of rotatable bonds is 45. The van der Waals surface area contributed by atoms with Crippen LogP contribution in [0.4, 0.5) is 0 Å². The maximum atomic E-state index is 12.8. The first-order valence-electron chi connectivity index (χ1n) is 25.7. The number of carbonyl (C=O) groups is 3. The third-order valence-electron chi connectivity index (χ3n) is 10.6. The lowest BCUT2D eigenvalue weighted by Crippen LogP contribution is -2.30. The second kappa shape index (κ2) is 51.0. The van der Waals surface area contributed by atoms with Crippen LogP contribution in [0.3, 0.4) is 0 Å². The molecule has 0 aromatic rings. The van der Waals surface area contributed by atoms with Gasteiger partial charge in [-0.1, -0.05) is 221 Å². The van der Waals surface area contributed by atoms with Crippen molar-refractivity contribution in [3.63, 3.8) is 0 Å². The summed E-state index contributed by atoms with van der Waals surface area (Å²) in [5, 5.41) is 0. The molecule has 0 radical (unpaired) electrons. The van der Waals surface area contributed by atoms with E-state index in [1.165, 1.54) is 70.6 Å². The van der Waals surface area contributed by atoms with E-state index in [-0.39, 0.29) is 37.5 Å². The van der Waals surface area contributed by atoms with Crippen molar-refractivity contribution in [2.45, 2.75) is 232 Å². The van der Waals surface area contributed by atoms with Crippen molar-refractivity contribution >= 4 is 17.9 Å². The molecule has 0 rings (SSSR count). The minimum Gasteiger partial charge on any atom is -0.462 e. The maximum absolute atomic E-state index is 12.8. The average Bonchev–Trinajstić information content (AvgIpc) is 3.28. The summed E-state index contributed by atoms with van der Waals surface area (Å²) >= 11 is 0. The molecule has 0 saturated carbocycles. The lowest BCUT2D eigenvalue weighted by atomic mass is 10.0. The Kier molecular flexibility index (Phi) is 48.0. The van der Waals surface area contributed by atoms with Gasteiger partial charge in [-0.05, 0) is 83.5 Å². The number of carbonyl (C=O) groups excluding carboxylic acids is 3. The number of allylic oxidation sites excluding steroid dienone is 16. The van der Waals surface area contributed by atoms with Gasteiger partial charge in [-0.25, -0.2) is 0 Å². The van der Waals surface area contributed by atoms with E-state index in [9.17, 15) is 14.4 Å². The standard InChI is InChI=1S/C57H94O6/c1-4-7-10-13-16-19-22-25-26-27-28-29-30-33-35-38-41-44-47-50-56(59)62-53-54(63-57(60)51-48-45-42-39-36-32-24-21-18-15-12-9-6-3)52-61-55(58)49-46-43-40-37-34-31-23-20-17-14-11-8-5-2/h7,10,12,15-16,19,21,24-26,28-29,33,35,41,44,54H,4-6,8-9,11,13-14,17-18,20,22-23,27,30-32,34,36-40,42-43,45-53H2,1-3H3/b10-7-,15-12-,19-16-,24-21-,26-25-,29-28-,35-33-,44-41-. The number of ether oxygens (including phenoxy) is 3. The Labute approximate surface area is 387 Å². The van der Waals surface area contributed by atoms with Gasteiger partial charge in [0.2, 0.25) is 0 Å². The van der Waals surface area contributed by atoms with E-state index in [0.29, 0.717) is 19.3 Å². The molecule has 0 bridgehead atoms. The van der Waals surface area contributed by atoms with Gasteiger partial charge in [0.05, 0.1) is 0 Å². The van der Waals surface area contributed by atoms with Gasteiger partial charge in [0, 0.05) is 19.3 Å². The quantitative estimate of drug-likeness (QED) is 0.0262. The van der Waals surface area contributed by atoms with Crippen molar-refractivity contribution in [1.29, 1.82) is 0 Å². The Morgan fingerprint density at radius 2 is 0.683 bits per heavy atom. The van der Waals surface area contributed by atoms with Gasteiger partial charge in [-0.3, -0.25) is 14.4 Å². The summed E-state index contributed by atoms with van der Waals surface area (Å²) < 4.78 is 16.7. The Bertz CT molecular complexity index is 1280. The van der Waals surface area contributed by atoms with E-state index in [4.69, 9.17) is 14.2 Å². The SMILES string of the molecule is CC/C=C\C/C=C\C/C=C\C/C=C\C/C=C\C/C=C\CCC(=O)OCC(COC(=O)CCCCCCCCCCCCCCC)OC(=O)CCCCCCC/C=C\C/C=C\CCC. The van der Waals surface area contributed by atoms with Crippen molar-refractivity contribution in [3.8, 4) is 0 Å². The summed E-state index contributed by atoms with van der Waals surface area (Å²) in [5.41, 5.74) is 0. The van der Waals surface area contributed by atoms with Crippen LogP contribution in [0, 0.1) is 0 Å². The molecule has 0 aromatic heterocycles. The van der Waals surface area contributed by atoms with E-state index in [1.807, 2.05) is 6.08 Å². The molecule has 63 heavy (non-hydrogen) atoms. The van der Waals surface area contributed by atoms with Crippen LogP contribution in [0.15, 0.2) is 97.2 Å². The molecule has 358 valence electrons. The van der Waals surface area contributed by atoms with Crippen molar-refractivity contribution in [1.82, 2.24) is 0 Å². The van der Waals surface area contributed by atoms with E-state index >= 15 is 0 Å². The van der Waals surface area contributed by atoms with Gasteiger partial charge in [-0.2, -0.15) is 0 Å². The zero-order valence-corrected chi connectivity index (χ0v) is 40.8. The van der Waals surface area contributed by atoms with Gasteiger partial charge in [0.25, 0.3) is 0 Å². The molecule has 0 saturated heterocycles. The predicted octanol–water partition coefficient (Wildman–Crippen LogP) is 17.0. The molecular weight excluding hydrogens is 781 g/mol. The molecule has 0 N–H and O–H groups in total. The fourth-order valence-corrected chi connectivity index (χ4v) is 6.74. The lowest BCUT2D eigenvalue weighted by Gasteiger charge is -2.18. The predicted molar refractivity (Wildman–Crippen MR) is 270 cm³/mol. The van der Waals surface area contributed by atoms with Crippen molar-refractivity contribution in [2.75, 3.05) is 13.2 Å². The molecule has 0 aliphatic carbocycles. The van der Waals surface area contributed by atoms with Crippen LogP contribution in [0.25, 0.3) is 0 Å². The fourth-order valence-electron chi connectivity index (χ4n) is 6.74. The van der Waals surface area contributed by atoms with Gasteiger partial charge in [0.15, 0.2) is 6.10 Å². The first kappa shape index (κ1) is 59.3. The van der Waals surface area contributed by atoms with Crippen LogP contribution < -0.4 is 0 Å². The largest absolute Gasteiger partial charge is 0.462 e. The molecule has 0 spiro atoms. The van der Waals surface area contributed by atoms with Crippen molar-refractivity contribution in [3.05, 3.63) is 97.2 Å². The van der Waals surface area contributed by atoms with Crippen molar-refractivity contribution < 1.29 is 28.6 Å². The molecule has 0 aliphatic rings. The van der Waals surface area contributed by atoms with Crippen molar-refractivity contribution in [2.24, 2.45) is 0 Å². The zero-order chi connectivity index (χ0) is 45.8. The highest BCUT2D eigenvalue weighted by Crippen LogP contribution is 2.14. The van der Waals surface area contributed by atoms with Crippen LogP contribution in [0.1, 0.15) is 226 Å². The van der Waals surface area contributed by atoms with E-state index in [1.54, 1.807) is 0 Å². The highest BCUT2D eigenvalue weighted by atomic mass is 16.6. The average molecular weight is 875 g/mol. The Hall–Kier alpha value is -3.67. The van der Waals surface area contributed by atoms with E-state index < -0.39 is 6.10 Å². The number of esters is 3. The molecular formula is C57H94O6. The molecule has 0 heterocycles. The highest BCUT2D eigenvalue weighted by molar-refractivity contribution is 5.71. The summed E-state index contributed by atoms with van der Waals surface area (Å²) in [6.07, 6.45) is 66.8. The Morgan fingerprint density at radius 3 is 1.13 bits per heavy atom. The number of hydrogen-bond donors (Lipinski definition) is 0. The minimum atomic E-state index is -0.813. The lowest BCUT2D eigenvalue weighted by molar-refractivity contribution is -0.166. The molecule has 0 amide bonds. The summed E-state index contributed by atoms with van der Waals surface area (Å²) in [7, 11) is 0. The third-order valence-corrected chi connectivity index (χ3v) is 10.6. The Balaban J connectivity index is 4.51. The Morgan fingerprint density at radius 1 is 0.333 bits per heavy atom. The molecule has 0 fully saturated rings. The van der Waals surface area contributed by atoms with Gasteiger partial charge >= 0.3 is 17.9 Å². The van der Waals surface area contributed by atoms with Crippen LogP contribution in [0.5, 0.6) is 0 Å². The fraction of sp³-hybridized carbons (Fsp3) is 0.667. The van der Waals surface area contributed by atoms with Gasteiger partial charge in [-0.15, -0.1) is 0 Å². The van der Waals surface area contributed by atoms with Crippen LogP contribution in [-0.4, -0.2) is 37.2 Å². The second-order valence-corrected chi connectivity index (χ2v) is 16.7. The smallest absolute Gasteiger partial charge is 0.306 e.